The Morgan fingerprint density at radius 1 is 1.15 bits per heavy atom. The van der Waals surface area contributed by atoms with Crippen molar-refractivity contribution in [1.29, 1.82) is 0 Å². The van der Waals surface area contributed by atoms with Crippen LogP contribution in [0.5, 0.6) is 5.75 Å². The fraction of sp³-hybridized carbons (Fsp3) is 0.333. The zero-order valence-electron chi connectivity index (χ0n) is 19.0. The van der Waals surface area contributed by atoms with E-state index in [9.17, 15) is 13.2 Å². The fourth-order valence-electron chi connectivity index (χ4n) is 4.57. The Hall–Kier alpha value is -3.53. The van der Waals surface area contributed by atoms with Gasteiger partial charge in [0.1, 0.15) is 5.75 Å². The first-order chi connectivity index (χ1) is 16.2. The van der Waals surface area contributed by atoms with E-state index in [1.54, 1.807) is 9.36 Å². The largest absolute Gasteiger partial charge is 0.496 e. The van der Waals surface area contributed by atoms with Crippen molar-refractivity contribution in [3.8, 4) is 22.7 Å². The number of ether oxygens (including phenoxy) is 2. The third kappa shape index (κ3) is 3.67. The number of rotatable bonds is 3. The molecule has 178 valence electrons. The average molecular weight is 471 g/mol. The molecule has 0 saturated heterocycles. The predicted octanol–water partition coefficient (Wildman–Crippen LogP) is 4.54. The van der Waals surface area contributed by atoms with Crippen LogP contribution in [-0.4, -0.2) is 39.4 Å². The van der Waals surface area contributed by atoms with E-state index in [0.717, 1.165) is 39.5 Å². The molecule has 3 heterocycles. The first kappa shape index (κ1) is 22.3. The number of aryl methyl sites for hydroxylation is 1. The third-order valence-electron chi connectivity index (χ3n) is 6.21. The van der Waals surface area contributed by atoms with E-state index in [4.69, 9.17) is 20.3 Å². The maximum atomic E-state index is 13.4. The molecule has 0 saturated carbocycles. The smallest absolute Gasteiger partial charge is 0.419 e. The molecule has 34 heavy (non-hydrogen) atoms. The zero-order chi connectivity index (χ0) is 24.2. The van der Waals surface area contributed by atoms with E-state index < -0.39 is 11.7 Å². The van der Waals surface area contributed by atoms with Crippen LogP contribution in [-0.2, 0) is 30.8 Å². The first-order valence-corrected chi connectivity index (χ1v) is 10.9. The first-order valence-electron chi connectivity index (χ1n) is 10.9. The van der Waals surface area contributed by atoms with Gasteiger partial charge in [0.15, 0.2) is 5.82 Å². The molecule has 0 unspecified atom stereocenters. The number of nitrogens with two attached hydrogens (primary N) is 1. The number of hydrogen-bond acceptors (Lipinski definition) is 5. The fourth-order valence-corrected chi connectivity index (χ4v) is 4.57. The van der Waals surface area contributed by atoms with Crippen molar-refractivity contribution in [2.75, 3.05) is 19.5 Å². The minimum Gasteiger partial charge on any atom is -0.496 e. The number of anilines is 1. The summed E-state index contributed by atoms with van der Waals surface area (Å²) in [6.45, 7) is 2.51. The average Bonchev–Trinajstić information content (AvgIpc) is 3.21. The Bertz CT molecular complexity index is 1390. The van der Waals surface area contributed by atoms with E-state index in [0.29, 0.717) is 31.0 Å². The highest BCUT2D eigenvalue weighted by atomic mass is 19.4. The summed E-state index contributed by atoms with van der Waals surface area (Å²) >= 11 is 0. The molecule has 2 N–H and O–H groups in total. The quantitative estimate of drug-likeness (QED) is 0.475. The van der Waals surface area contributed by atoms with Gasteiger partial charge in [0.25, 0.3) is 0 Å². The molecule has 1 atom stereocenters. The van der Waals surface area contributed by atoms with Crippen molar-refractivity contribution in [3.63, 3.8) is 0 Å². The van der Waals surface area contributed by atoms with Crippen LogP contribution in [0, 0.1) is 0 Å². The standard InChI is InChI=1S/C24H24F3N5O2/c1-13-10-20-16(8-9-34-13)22(14-4-6-17-19(11-14)31(2)30-23(17)28)29-32(20)15-5-7-18(24(25,26)27)21(12-15)33-3/h4-7,11-13H,8-10H2,1-3H3,(H2,28,30)/t13-/m1/s1. The molecule has 2 aromatic heterocycles. The number of nitrogens with zero attached hydrogens (tertiary/aromatic N) is 4. The second kappa shape index (κ2) is 8.05. The lowest BCUT2D eigenvalue weighted by molar-refractivity contribution is -0.138. The summed E-state index contributed by atoms with van der Waals surface area (Å²) < 4.78 is 54.6. The maximum absolute atomic E-state index is 13.4. The summed E-state index contributed by atoms with van der Waals surface area (Å²) in [5.41, 5.74) is 10.1. The number of hydrogen-bond donors (Lipinski definition) is 1. The number of fused-ring (bicyclic) bond motifs is 2. The Labute approximate surface area is 193 Å². The molecule has 10 heteroatoms. The molecule has 0 fully saturated rings. The van der Waals surface area contributed by atoms with Crippen LogP contribution < -0.4 is 10.5 Å². The van der Waals surface area contributed by atoms with Gasteiger partial charge < -0.3 is 15.2 Å². The van der Waals surface area contributed by atoms with Gasteiger partial charge in [-0.05, 0) is 37.6 Å². The molecule has 1 aliphatic heterocycles. The summed E-state index contributed by atoms with van der Waals surface area (Å²) in [5.74, 6) is 0.202. The number of methoxy groups -OCH3 is 1. The Morgan fingerprint density at radius 2 is 1.94 bits per heavy atom. The second-order valence-electron chi connectivity index (χ2n) is 8.44. The van der Waals surface area contributed by atoms with E-state index >= 15 is 0 Å². The number of nitrogen functional groups attached to an aromatic ring is 1. The lowest BCUT2D eigenvalue weighted by atomic mass is 10.0. The number of halogens is 3. The normalized spacial score (nSPS) is 16.5. The molecule has 5 rings (SSSR count). The van der Waals surface area contributed by atoms with Crippen molar-refractivity contribution in [2.24, 2.45) is 7.05 Å². The molecule has 1 aliphatic rings. The maximum Gasteiger partial charge on any atom is 0.419 e. The highest BCUT2D eigenvalue weighted by Crippen LogP contribution is 2.39. The SMILES string of the molecule is COc1cc(-n2nc(-c3ccc4c(N)nn(C)c4c3)c3c2C[C@@H](C)OCC3)ccc1C(F)(F)F. The molecule has 0 radical (unpaired) electrons. The minimum atomic E-state index is -4.52. The van der Waals surface area contributed by atoms with Crippen LogP contribution in [0.15, 0.2) is 36.4 Å². The molecule has 4 aromatic rings. The highest BCUT2D eigenvalue weighted by Gasteiger charge is 2.35. The number of alkyl halides is 3. The van der Waals surface area contributed by atoms with Crippen molar-refractivity contribution in [2.45, 2.75) is 32.0 Å². The van der Waals surface area contributed by atoms with Gasteiger partial charge >= 0.3 is 6.18 Å². The number of aromatic nitrogens is 4. The molecule has 0 aliphatic carbocycles. The van der Waals surface area contributed by atoms with E-state index in [-0.39, 0.29) is 11.9 Å². The lowest BCUT2D eigenvalue weighted by Gasteiger charge is -2.15. The van der Waals surface area contributed by atoms with E-state index in [1.807, 2.05) is 32.2 Å². The van der Waals surface area contributed by atoms with Gasteiger partial charge in [-0.1, -0.05) is 6.07 Å². The summed E-state index contributed by atoms with van der Waals surface area (Å²) in [6, 6.07) is 9.66. The molecule has 0 spiro atoms. The molecule has 7 nitrogen and oxygen atoms in total. The topological polar surface area (TPSA) is 80.1 Å². The molecule has 2 aromatic carbocycles. The Kier molecular flexibility index (Phi) is 5.27. The summed E-state index contributed by atoms with van der Waals surface area (Å²) in [4.78, 5) is 0. The van der Waals surface area contributed by atoms with Crippen molar-refractivity contribution < 1.29 is 22.6 Å². The molecule has 0 bridgehead atoms. The highest BCUT2D eigenvalue weighted by molar-refractivity contribution is 5.92. The monoisotopic (exact) mass is 471 g/mol. The van der Waals surface area contributed by atoms with Gasteiger partial charge in [-0.2, -0.15) is 23.4 Å². The third-order valence-corrected chi connectivity index (χ3v) is 6.21. The van der Waals surface area contributed by atoms with Gasteiger partial charge in [-0.25, -0.2) is 4.68 Å². The Morgan fingerprint density at radius 3 is 2.68 bits per heavy atom. The van der Waals surface area contributed by atoms with Crippen LogP contribution >= 0.6 is 0 Å². The second-order valence-corrected chi connectivity index (χ2v) is 8.44. The van der Waals surface area contributed by atoms with Crippen LogP contribution in [0.25, 0.3) is 27.8 Å². The predicted molar refractivity (Wildman–Crippen MR) is 122 cm³/mol. The van der Waals surface area contributed by atoms with Gasteiger partial charge in [0.05, 0.1) is 48.0 Å². The Balaban J connectivity index is 1.70. The van der Waals surface area contributed by atoms with Gasteiger partial charge in [-0.15, -0.1) is 0 Å². The van der Waals surface area contributed by atoms with E-state index in [2.05, 4.69) is 5.10 Å². The number of benzene rings is 2. The summed E-state index contributed by atoms with van der Waals surface area (Å²) in [6.07, 6.45) is -3.36. The lowest BCUT2D eigenvalue weighted by Crippen LogP contribution is -2.14. The van der Waals surface area contributed by atoms with Crippen LogP contribution in [0.4, 0.5) is 19.0 Å². The minimum absolute atomic E-state index is 0.0553. The van der Waals surface area contributed by atoms with Crippen molar-refractivity contribution >= 4 is 16.7 Å². The molecular formula is C24H24F3N5O2. The van der Waals surface area contributed by atoms with E-state index in [1.165, 1.54) is 19.2 Å². The summed E-state index contributed by atoms with van der Waals surface area (Å²) in [7, 11) is 3.06. The van der Waals surface area contributed by atoms with Gasteiger partial charge in [-0.3, -0.25) is 4.68 Å². The molecular weight excluding hydrogens is 447 g/mol. The van der Waals surface area contributed by atoms with Crippen LogP contribution in [0.3, 0.4) is 0 Å². The molecule has 0 amide bonds. The zero-order valence-corrected chi connectivity index (χ0v) is 19.0. The van der Waals surface area contributed by atoms with Crippen molar-refractivity contribution in [3.05, 3.63) is 53.2 Å². The van der Waals surface area contributed by atoms with Gasteiger partial charge in [0.2, 0.25) is 0 Å². The van der Waals surface area contributed by atoms with Crippen molar-refractivity contribution in [1.82, 2.24) is 19.6 Å². The van der Waals surface area contributed by atoms with Crippen LogP contribution in [0.2, 0.25) is 0 Å². The van der Waals surface area contributed by atoms with Gasteiger partial charge in [0, 0.05) is 36.0 Å². The summed E-state index contributed by atoms with van der Waals surface area (Å²) in [5, 5.41) is 10.0. The van der Waals surface area contributed by atoms with Crippen LogP contribution in [0.1, 0.15) is 23.7 Å².